The Bertz CT molecular complexity index is 706. The van der Waals surface area contributed by atoms with Crippen LogP contribution in [-0.4, -0.2) is 64.6 Å². The molecule has 2 amide bonds. The topological polar surface area (TPSA) is 110 Å². The summed E-state index contributed by atoms with van der Waals surface area (Å²) in [5.41, 5.74) is -0.187. The van der Waals surface area contributed by atoms with Crippen molar-refractivity contribution in [3.63, 3.8) is 0 Å². The second-order valence-corrected chi connectivity index (χ2v) is 6.48. The Kier molecular flexibility index (Phi) is 5.62. The van der Waals surface area contributed by atoms with E-state index in [2.05, 4.69) is 12.6 Å². The van der Waals surface area contributed by atoms with Crippen molar-refractivity contribution in [1.82, 2.24) is 9.80 Å². The minimum Gasteiger partial charge on any atom is -0.372 e. The number of hydrogen-bond acceptors (Lipinski definition) is 7. The molecule has 0 aliphatic carbocycles. The fourth-order valence-corrected chi connectivity index (χ4v) is 2.84. The number of rotatable bonds is 3. The number of carbonyl (C=O) groups is 3. The van der Waals surface area contributed by atoms with Gasteiger partial charge < -0.3 is 9.64 Å². The van der Waals surface area contributed by atoms with Crippen molar-refractivity contribution in [2.45, 2.75) is 17.7 Å². The number of hydrogen-bond donors (Lipinski definition) is 1. The van der Waals surface area contributed by atoms with Crippen molar-refractivity contribution < 1.29 is 24.0 Å². The minimum atomic E-state index is -0.946. The van der Waals surface area contributed by atoms with Gasteiger partial charge in [-0.3, -0.25) is 19.8 Å². The predicted octanol–water partition coefficient (Wildman–Crippen LogP) is 1.33. The summed E-state index contributed by atoms with van der Waals surface area (Å²) in [4.78, 5) is 49.0. The van der Waals surface area contributed by atoms with E-state index in [1.54, 1.807) is 14.1 Å². The fraction of sp³-hybridized carbons (Fsp3) is 0.400. The Morgan fingerprint density at radius 3 is 2.40 bits per heavy atom. The molecule has 1 aromatic carbocycles. The molecule has 2 rings (SSSR count). The highest BCUT2D eigenvalue weighted by molar-refractivity contribution is 7.81. The summed E-state index contributed by atoms with van der Waals surface area (Å²) < 4.78 is 4.80. The highest BCUT2D eigenvalue weighted by Crippen LogP contribution is 2.24. The largest absolute Gasteiger partial charge is 0.418 e. The Labute approximate surface area is 149 Å². The molecule has 1 unspecified atom stereocenters. The second-order valence-electron chi connectivity index (χ2n) is 5.75. The Morgan fingerprint density at radius 2 is 1.88 bits per heavy atom. The van der Waals surface area contributed by atoms with E-state index < -0.39 is 23.0 Å². The molecule has 134 valence electrons. The maximum Gasteiger partial charge on any atom is 0.418 e. The lowest BCUT2D eigenvalue weighted by atomic mass is 10.2. The lowest BCUT2D eigenvalue weighted by Gasteiger charge is -2.24. The number of non-ortho nitro benzene ring substituents is 1. The molecule has 0 bridgehead atoms. The van der Waals surface area contributed by atoms with Crippen molar-refractivity contribution in [3.05, 3.63) is 39.9 Å². The van der Waals surface area contributed by atoms with Crippen LogP contribution in [0.1, 0.15) is 16.8 Å². The van der Waals surface area contributed by atoms with Gasteiger partial charge in [0.25, 0.3) is 5.69 Å². The van der Waals surface area contributed by atoms with Gasteiger partial charge in [0.05, 0.1) is 10.5 Å². The fourth-order valence-electron chi connectivity index (χ4n) is 2.46. The molecule has 1 aliphatic rings. The summed E-state index contributed by atoms with van der Waals surface area (Å²) in [6.07, 6.45) is -0.582. The molecular formula is C15H17N3O6S. The summed E-state index contributed by atoms with van der Waals surface area (Å²) >= 11 is 4.29. The van der Waals surface area contributed by atoms with E-state index in [1.165, 1.54) is 21.9 Å². The van der Waals surface area contributed by atoms with Gasteiger partial charge in [0, 0.05) is 38.0 Å². The van der Waals surface area contributed by atoms with Crippen molar-refractivity contribution in [3.8, 4) is 0 Å². The summed E-state index contributed by atoms with van der Waals surface area (Å²) in [5.74, 6) is -1.23. The summed E-state index contributed by atoms with van der Waals surface area (Å²) in [7, 11) is 3.14. The molecule has 1 fully saturated rings. The van der Waals surface area contributed by atoms with Crippen molar-refractivity contribution in [2.24, 2.45) is 0 Å². The van der Waals surface area contributed by atoms with Crippen LogP contribution in [-0.2, 0) is 9.53 Å². The van der Waals surface area contributed by atoms with Crippen LogP contribution in [0.4, 0.5) is 10.5 Å². The van der Waals surface area contributed by atoms with Gasteiger partial charge in [-0.05, 0) is 18.6 Å². The monoisotopic (exact) mass is 367 g/mol. The number of nitro groups is 1. The van der Waals surface area contributed by atoms with Crippen LogP contribution < -0.4 is 0 Å². The SMILES string of the molecule is CN(C)C(=O)C1C[C@H](S)CN1C(=O)OC(=O)c1ccc([N+](=O)[O-])cc1. The zero-order chi connectivity index (χ0) is 18.7. The molecule has 10 heteroatoms. The third-order valence-corrected chi connectivity index (χ3v) is 4.11. The van der Waals surface area contributed by atoms with Crippen LogP contribution in [0, 0.1) is 10.1 Å². The van der Waals surface area contributed by atoms with Crippen LogP contribution in [0.25, 0.3) is 0 Å². The number of carbonyl (C=O) groups excluding carboxylic acids is 3. The maximum absolute atomic E-state index is 12.3. The van der Waals surface area contributed by atoms with E-state index in [1.807, 2.05) is 0 Å². The lowest BCUT2D eigenvalue weighted by molar-refractivity contribution is -0.384. The third kappa shape index (κ3) is 4.27. The molecule has 1 heterocycles. The van der Waals surface area contributed by atoms with Crippen LogP contribution in [0.2, 0.25) is 0 Å². The third-order valence-electron chi connectivity index (χ3n) is 3.73. The van der Waals surface area contributed by atoms with Gasteiger partial charge >= 0.3 is 12.1 Å². The molecular weight excluding hydrogens is 350 g/mol. The molecule has 0 saturated carbocycles. The first-order valence-electron chi connectivity index (χ1n) is 7.37. The van der Waals surface area contributed by atoms with Crippen LogP contribution in [0.15, 0.2) is 24.3 Å². The average molecular weight is 367 g/mol. The number of ether oxygens (including phenoxy) is 1. The molecule has 1 aromatic rings. The summed E-state index contributed by atoms with van der Waals surface area (Å²) in [6, 6.07) is 3.93. The molecule has 0 spiro atoms. The number of nitrogens with zero attached hydrogens (tertiary/aromatic N) is 3. The van der Waals surface area contributed by atoms with E-state index >= 15 is 0 Å². The van der Waals surface area contributed by atoms with E-state index in [4.69, 9.17) is 4.74 Å². The lowest BCUT2D eigenvalue weighted by Crippen LogP contribution is -2.46. The number of esters is 1. The quantitative estimate of drug-likeness (QED) is 0.284. The first-order chi connectivity index (χ1) is 11.7. The highest BCUT2D eigenvalue weighted by atomic mass is 32.1. The number of likely N-dealkylation sites (tertiary alicyclic amines) is 1. The molecule has 0 radical (unpaired) electrons. The number of amides is 2. The summed E-state index contributed by atoms with van der Waals surface area (Å²) in [5, 5.41) is 10.4. The van der Waals surface area contributed by atoms with Crippen LogP contribution in [0.5, 0.6) is 0 Å². The zero-order valence-electron chi connectivity index (χ0n) is 13.6. The van der Waals surface area contributed by atoms with Crippen molar-refractivity contribution >= 4 is 36.3 Å². The van der Waals surface area contributed by atoms with E-state index in [9.17, 15) is 24.5 Å². The van der Waals surface area contributed by atoms with Gasteiger partial charge in [0.1, 0.15) is 6.04 Å². The predicted molar refractivity (Wildman–Crippen MR) is 90.5 cm³/mol. The van der Waals surface area contributed by atoms with Gasteiger partial charge in [-0.1, -0.05) is 0 Å². The van der Waals surface area contributed by atoms with Gasteiger partial charge in [-0.2, -0.15) is 12.6 Å². The smallest absolute Gasteiger partial charge is 0.372 e. The molecule has 0 aromatic heterocycles. The summed E-state index contributed by atoms with van der Waals surface area (Å²) in [6.45, 7) is 0.180. The molecule has 9 nitrogen and oxygen atoms in total. The van der Waals surface area contributed by atoms with Gasteiger partial charge in [-0.25, -0.2) is 9.59 Å². The minimum absolute atomic E-state index is 0.00365. The van der Waals surface area contributed by atoms with E-state index in [-0.39, 0.29) is 29.0 Å². The first kappa shape index (κ1) is 18.7. The van der Waals surface area contributed by atoms with E-state index in [0.29, 0.717) is 6.42 Å². The molecule has 0 N–H and O–H groups in total. The van der Waals surface area contributed by atoms with Crippen molar-refractivity contribution in [2.75, 3.05) is 20.6 Å². The second kappa shape index (κ2) is 7.51. The van der Waals surface area contributed by atoms with Gasteiger partial charge in [-0.15, -0.1) is 0 Å². The van der Waals surface area contributed by atoms with Crippen LogP contribution >= 0.6 is 12.6 Å². The maximum atomic E-state index is 12.3. The number of likely N-dealkylation sites (N-methyl/N-ethyl adjacent to an activating group) is 1. The molecule has 1 saturated heterocycles. The molecule has 1 aliphatic heterocycles. The van der Waals surface area contributed by atoms with Crippen molar-refractivity contribution in [1.29, 1.82) is 0 Å². The highest BCUT2D eigenvalue weighted by Gasteiger charge is 2.40. The normalized spacial score (nSPS) is 19.4. The van der Waals surface area contributed by atoms with Crippen LogP contribution in [0.3, 0.4) is 0 Å². The Balaban J connectivity index is 2.08. The average Bonchev–Trinajstić information content (AvgIpc) is 2.95. The van der Waals surface area contributed by atoms with E-state index in [0.717, 1.165) is 12.1 Å². The first-order valence-corrected chi connectivity index (χ1v) is 7.88. The molecule has 2 atom stereocenters. The standard InChI is InChI=1S/C15H17N3O6S/c1-16(2)13(19)12-7-11(25)8-17(12)15(21)24-14(20)9-3-5-10(6-4-9)18(22)23/h3-6,11-12,25H,7-8H2,1-2H3/t11-,12?/m0/s1. The number of nitro benzene ring substituents is 1. The zero-order valence-corrected chi connectivity index (χ0v) is 14.5. The van der Waals surface area contributed by atoms with Gasteiger partial charge in [0.15, 0.2) is 0 Å². The number of benzene rings is 1. The molecule has 25 heavy (non-hydrogen) atoms. The van der Waals surface area contributed by atoms with Gasteiger partial charge in [0.2, 0.25) is 5.91 Å². The number of thiol groups is 1. The Morgan fingerprint density at radius 1 is 1.28 bits per heavy atom. The Hall–Kier alpha value is -2.62.